The Labute approximate surface area is 107 Å². The van der Waals surface area contributed by atoms with E-state index in [1.54, 1.807) is 0 Å². The van der Waals surface area contributed by atoms with Gasteiger partial charge in [-0.1, -0.05) is 6.07 Å². The van der Waals surface area contributed by atoms with Crippen LogP contribution in [0, 0.1) is 11.6 Å². The number of aliphatic carboxylic acids is 1. The quantitative estimate of drug-likeness (QED) is 0.702. The highest BCUT2D eigenvalue weighted by molar-refractivity contribution is 5.83. The van der Waals surface area contributed by atoms with Crippen LogP contribution in [-0.4, -0.2) is 34.7 Å². The molecule has 0 aliphatic heterocycles. The lowest BCUT2D eigenvalue weighted by Crippen LogP contribution is -2.43. The van der Waals surface area contributed by atoms with Gasteiger partial charge in [-0.15, -0.1) is 0 Å². The zero-order chi connectivity index (χ0) is 14.4. The van der Waals surface area contributed by atoms with Gasteiger partial charge in [0.15, 0.2) is 11.6 Å². The molecule has 1 amide bonds. The molecular formula is C12H13F2NO4. The number of carboxylic acid groups (broad SMARTS) is 1. The Balaban J connectivity index is 2.49. The van der Waals surface area contributed by atoms with Crippen LogP contribution in [0.1, 0.15) is 12.0 Å². The van der Waals surface area contributed by atoms with Crippen LogP contribution in [0.3, 0.4) is 0 Å². The molecule has 1 aromatic carbocycles. The van der Waals surface area contributed by atoms with Crippen LogP contribution in [0.5, 0.6) is 0 Å². The fraction of sp³-hybridized carbons (Fsp3) is 0.333. The minimum Gasteiger partial charge on any atom is -0.480 e. The van der Waals surface area contributed by atoms with E-state index in [1.165, 1.54) is 6.07 Å². The minimum atomic E-state index is -1.36. The van der Waals surface area contributed by atoms with E-state index in [0.29, 0.717) is 5.56 Å². The minimum absolute atomic E-state index is 0.0884. The second-order valence-corrected chi connectivity index (χ2v) is 3.89. The van der Waals surface area contributed by atoms with E-state index in [0.717, 1.165) is 12.1 Å². The van der Waals surface area contributed by atoms with Gasteiger partial charge in [0.25, 0.3) is 0 Å². The molecule has 7 heteroatoms. The predicted molar refractivity (Wildman–Crippen MR) is 61.3 cm³/mol. The van der Waals surface area contributed by atoms with Gasteiger partial charge in [-0.25, -0.2) is 13.6 Å². The third kappa shape index (κ3) is 4.63. The van der Waals surface area contributed by atoms with Crippen molar-refractivity contribution in [3.05, 3.63) is 35.4 Å². The molecule has 0 aliphatic carbocycles. The van der Waals surface area contributed by atoms with Crippen LogP contribution >= 0.6 is 0 Å². The van der Waals surface area contributed by atoms with Crippen molar-refractivity contribution in [3.8, 4) is 0 Å². The average molecular weight is 273 g/mol. The van der Waals surface area contributed by atoms with Gasteiger partial charge in [0.05, 0.1) is 6.61 Å². The zero-order valence-electron chi connectivity index (χ0n) is 9.90. The highest BCUT2D eigenvalue weighted by Crippen LogP contribution is 2.10. The van der Waals surface area contributed by atoms with Crippen molar-refractivity contribution in [3.63, 3.8) is 0 Å². The van der Waals surface area contributed by atoms with E-state index in [9.17, 15) is 18.4 Å². The summed E-state index contributed by atoms with van der Waals surface area (Å²) in [5.41, 5.74) is 0.421. The third-order valence-electron chi connectivity index (χ3n) is 2.44. The van der Waals surface area contributed by atoms with Gasteiger partial charge < -0.3 is 15.5 Å². The Morgan fingerprint density at radius 1 is 1.26 bits per heavy atom. The van der Waals surface area contributed by atoms with Crippen LogP contribution in [0.25, 0.3) is 0 Å². The molecule has 5 nitrogen and oxygen atoms in total. The first-order valence-electron chi connectivity index (χ1n) is 5.51. The fourth-order valence-corrected chi connectivity index (χ4v) is 1.40. The van der Waals surface area contributed by atoms with E-state index < -0.39 is 36.2 Å². The summed E-state index contributed by atoms with van der Waals surface area (Å²) in [6.45, 7) is -0.716. The summed E-state index contributed by atoms with van der Waals surface area (Å²) in [5.74, 6) is -3.91. The molecule has 0 saturated heterocycles. The molecule has 0 heterocycles. The molecule has 3 N–H and O–H groups in total. The molecule has 0 aliphatic rings. The summed E-state index contributed by atoms with van der Waals surface area (Å²) < 4.78 is 25.5. The van der Waals surface area contributed by atoms with E-state index in [1.807, 2.05) is 0 Å². The second-order valence-electron chi connectivity index (χ2n) is 3.89. The first kappa shape index (κ1) is 15.0. The number of carbonyl (C=O) groups is 2. The molecule has 1 rings (SSSR count). The van der Waals surface area contributed by atoms with E-state index in [-0.39, 0.29) is 12.8 Å². The number of hydrogen-bond donors (Lipinski definition) is 3. The number of carboxylic acids is 1. The van der Waals surface area contributed by atoms with Gasteiger partial charge in [0.1, 0.15) is 6.04 Å². The number of amides is 1. The maximum atomic E-state index is 12.9. The number of aryl methyl sites for hydroxylation is 1. The van der Waals surface area contributed by atoms with Crippen LogP contribution < -0.4 is 5.32 Å². The van der Waals surface area contributed by atoms with Crippen molar-refractivity contribution in [1.82, 2.24) is 5.32 Å². The summed E-state index contributed by atoms with van der Waals surface area (Å²) in [6, 6.07) is 1.91. The molecule has 1 unspecified atom stereocenters. The Bertz CT molecular complexity index is 479. The standard InChI is InChI=1S/C12H13F2NO4/c13-8-3-1-7(5-9(8)14)2-4-11(17)15-10(6-16)12(18)19/h1,3,5,10,16H,2,4,6H2,(H,15,17)(H,18,19). The molecule has 1 aromatic rings. The molecule has 19 heavy (non-hydrogen) atoms. The molecular weight excluding hydrogens is 260 g/mol. The monoisotopic (exact) mass is 273 g/mol. The summed E-state index contributed by atoms with van der Waals surface area (Å²) in [4.78, 5) is 21.9. The predicted octanol–water partition coefficient (Wildman–Crippen LogP) is 0.459. The third-order valence-corrected chi connectivity index (χ3v) is 2.44. The van der Waals surface area contributed by atoms with E-state index in [4.69, 9.17) is 10.2 Å². The molecule has 0 radical (unpaired) electrons. The first-order valence-corrected chi connectivity index (χ1v) is 5.51. The summed E-state index contributed by atoms with van der Waals surface area (Å²) >= 11 is 0. The van der Waals surface area contributed by atoms with Crippen LogP contribution in [0.2, 0.25) is 0 Å². The Kier molecular flexibility index (Phi) is 5.37. The normalized spacial score (nSPS) is 11.9. The number of aliphatic hydroxyl groups is 1. The number of aliphatic hydroxyl groups excluding tert-OH is 1. The largest absolute Gasteiger partial charge is 0.480 e. The van der Waals surface area contributed by atoms with Gasteiger partial charge in [0.2, 0.25) is 5.91 Å². The average Bonchev–Trinajstić information content (AvgIpc) is 2.37. The maximum absolute atomic E-state index is 12.9. The molecule has 0 bridgehead atoms. The number of hydrogen-bond acceptors (Lipinski definition) is 3. The number of halogens is 2. The molecule has 0 saturated carbocycles. The molecule has 104 valence electrons. The highest BCUT2D eigenvalue weighted by Gasteiger charge is 2.18. The number of carbonyl (C=O) groups excluding carboxylic acids is 1. The number of benzene rings is 1. The lowest BCUT2D eigenvalue weighted by molar-refractivity contribution is -0.142. The Morgan fingerprint density at radius 3 is 2.47 bits per heavy atom. The van der Waals surface area contributed by atoms with Crippen LogP contribution in [-0.2, 0) is 16.0 Å². The topological polar surface area (TPSA) is 86.6 Å². The van der Waals surface area contributed by atoms with Crippen molar-refractivity contribution < 1.29 is 28.6 Å². The van der Waals surface area contributed by atoms with Crippen molar-refractivity contribution in [2.24, 2.45) is 0 Å². The SMILES string of the molecule is O=C(CCc1ccc(F)c(F)c1)NC(CO)C(=O)O. The van der Waals surface area contributed by atoms with Gasteiger partial charge in [-0.05, 0) is 24.1 Å². The fourth-order valence-electron chi connectivity index (χ4n) is 1.40. The van der Waals surface area contributed by atoms with E-state index in [2.05, 4.69) is 5.32 Å². The molecule has 1 atom stereocenters. The first-order chi connectivity index (χ1) is 8.93. The van der Waals surface area contributed by atoms with Gasteiger partial charge in [-0.3, -0.25) is 4.79 Å². The van der Waals surface area contributed by atoms with Gasteiger partial charge >= 0.3 is 5.97 Å². The summed E-state index contributed by atoms with van der Waals surface area (Å²) in [7, 11) is 0. The van der Waals surface area contributed by atoms with Crippen molar-refractivity contribution in [2.75, 3.05) is 6.61 Å². The van der Waals surface area contributed by atoms with Gasteiger partial charge in [0, 0.05) is 6.42 Å². The Morgan fingerprint density at radius 2 is 1.95 bits per heavy atom. The van der Waals surface area contributed by atoms with Gasteiger partial charge in [-0.2, -0.15) is 0 Å². The lowest BCUT2D eigenvalue weighted by atomic mass is 10.1. The van der Waals surface area contributed by atoms with Crippen molar-refractivity contribution in [2.45, 2.75) is 18.9 Å². The van der Waals surface area contributed by atoms with Crippen molar-refractivity contribution in [1.29, 1.82) is 0 Å². The maximum Gasteiger partial charge on any atom is 0.328 e. The summed E-state index contributed by atoms with van der Waals surface area (Å²) in [6.07, 6.45) is 0.0512. The molecule has 0 spiro atoms. The van der Waals surface area contributed by atoms with Crippen LogP contribution in [0.4, 0.5) is 8.78 Å². The van der Waals surface area contributed by atoms with Crippen LogP contribution in [0.15, 0.2) is 18.2 Å². The number of nitrogens with one attached hydrogen (secondary N) is 1. The van der Waals surface area contributed by atoms with Crippen molar-refractivity contribution >= 4 is 11.9 Å². The molecule has 0 fully saturated rings. The molecule has 0 aromatic heterocycles. The zero-order valence-corrected chi connectivity index (χ0v) is 9.90. The summed E-state index contributed by atoms with van der Waals surface area (Å²) in [5, 5.41) is 19.4. The van der Waals surface area contributed by atoms with E-state index >= 15 is 0 Å². The smallest absolute Gasteiger partial charge is 0.328 e. The number of rotatable bonds is 6. The lowest BCUT2D eigenvalue weighted by Gasteiger charge is -2.11. The second kappa shape index (κ2) is 6.79. The highest BCUT2D eigenvalue weighted by atomic mass is 19.2. The Hall–Kier alpha value is -2.02.